The Hall–Kier alpha value is -2.65. The molecular weight excluding hydrogens is 463 g/mol. The molecule has 10 heteroatoms. The number of ether oxygens (including phenoxy) is 1. The van der Waals surface area contributed by atoms with Crippen molar-refractivity contribution in [2.75, 3.05) is 0 Å². The molecule has 1 N–H and O–H groups in total. The lowest BCUT2D eigenvalue weighted by Crippen LogP contribution is -2.09. The summed E-state index contributed by atoms with van der Waals surface area (Å²) in [4.78, 5) is 9.70. The number of hydrogen-bond acceptors (Lipinski definition) is 3. The number of alkyl halides is 3. The second kappa shape index (κ2) is 9.23. The Morgan fingerprint density at radius 1 is 1.06 bits per heavy atom. The molecule has 0 fully saturated rings. The van der Waals surface area contributed by atoms with Crippen LogP contribution in [0, 0.1) is 11.6 Å². The van der Waals surface area contributed by atoms with Crippen molar-refractivity contribution >= 4 is 28.9 Å². The minimum absolute atomic E-state index is 0.166. The van der Waals surface area contributed by atoms with E-state index in [9.17, 15) is 26.7 Å². The van der Waals surface area contributed by atoms with E-state index in [1.54, 1.807) is 12.1 Å². The fraction of sp³-hybridized carbons (Fsp3) is 0.190. The Morgan fingerprint density at radius 2 is 1.74 bits per heavy atom. The van der Waals surface area contributed by atoms with Gasteiger partial charge in [0.15, 0.2) is 11.6 Å². The lowest BCUT2D eigenvalue weighted by Gasteiger charge is -2.13. The summed E-state index contributed by atoms with van der Waals surface area (Å²) in [6.45, 7) is -0.652. The van der Waals surface area contributed by atoms with Crippen LogP contribution in [-0.2, 0) is 24.0 Å². The van der Waals surface area contributed by atoms with Gasteiger partial charge < -0.3 is 9.84 Å². The normalized spacial score (nSPS) is 11.5. The van der Waals surface area contributed by atoms with Gasteiger partial charge in [0.25, 0.3) is 0 Å². The number of carboxylic acids is 1. The van der Waals surface area contributed by atoms with Crippen LogP contribution in [0.3, 0.4) is 0 Å². The fourth-order valence-corrected chi connectivity index (χ4v) is 3.99. The SMILES string of the molecule is O=C(O)CCc1ccc(OCc2c(-c3ccc(Cl)cc3)csc2C(F)(F)F)c(F)c1F. The molecule has 0 amide bonds. The quantitative estimate of drug-likeness (QED) is 0.375. The number of carboxylic acid groups (broad SMARTS) is 1. The second-order valence-corrected chi connectivity index (χ2v) is 7.81. The maximum absolute atomic E-state index is 14.3. The number of rotatable bonds is 7. The zero-order valence-corrected chi connectivity index (χ0v) is 17.2. The predicted octanol–water partition coefficient (Wildman–Crippen LogP) is 6.96. The maximum Gasteiger partial charge on any atom is 0.426 e. The standard InChI is InChI=1S/C21H14ClF5O3S/c22-13-5-1-11(2-6-13)15-10-31-20(21(25,26)27)14(15)9-30-16-7-3-12(4-8-17(28)29)18(23)19(16)24/h1-3,5-7,10H,4,8-9H2,(H,28,29). The summed E-state index contributed by atoms with van der Waals surface area (Å²) in [7, 11) is 0. The summed E-state index contributed by atoms with van der Waals surface area (Å²) in [5.74, 6) is -4.43. The number of aliphatic carboxylic acids is 1. The zero-order valence-electron chi connectivity index (χ0n) is 15.6. The van der Waals surface area contributed by atoms with E-state index < -0.39 is 47.4 Å². The summed E-state index contributed by atoms with van der Waals surface area (Å²) in [5, 5.41) is 10.4. The van der Waals surface area contributed by atoms with E-state index in [0.29, 0.717) is 21.9 Å². The molecular formula is C21H14ClF5O3S. The van der Waals surface area contributed by atoms with Crippen molar-refractivity contribution in [2.24, 2.45) is 0 Å². The van der Waals surface area contributed by atoms with Crippen LogP contribution in [0.4, 0.5) is 22.0 Å². The summed E-state index contributed by atoms with van der Waals surface area (Å²) in [6, 6.07) is 8.36. The molecule has 0 unspecified atom stereocenters. The average molecular weight is 477 g/mol. The molecule has 0 spiro atoms. The Kier molecular flexibility index (Phi) is 6.86. The topological polar surface area (TPSA) is 46.5 Å². The van der Waals surface area contributed by atoms with Gasteiger partial charge in [-0.1, -0.05) is 29.8 Å². The smallest absolute Gasteiger partial charge is 0.426 e. The molecule has 0 atom stereocenters. The van der Waals surface area contributed by atoms with Crippen LogP contribution in [0.15, 0.2) is 41.8 Å². The highest BCUT2D eigenvalue weighted by molar-refractivity contribution is 7.10. The Labute approximate surface area is 182 Å². The average Bonchev–Trinajstić information content (AvgIpc) is 3.13. The van der Waals surface area contributed by atoms with E-state index in [1.165, 1.54) is 17.5 Å². The van der Waals surface area contributed by atoms with Crippen LogP contribution >= 0.6 is 22.9 Å². The molecule has 3 nitrogen and oxygen atoms in total. The molecule has 0 radical (unpaired) electrons. The summed E-state index contributed by atoms with van der Waals surface area (Å²) >= 11 is 6.31. The lowest BCUT2D eigenvalue weighted by atomic mass is 10.0. The maximum atomic E-state index is 14.3. The second-order valence-electron chi connectivity index (χ2n) is 6.49. The number of hydrogen-bond donors (Lipinski definition) is 1. The highest BCUT2D eigenvalue weighted by Gasteiger charge is 2.37. The first-order chi connectivity index (χ1) is 14.6. The number of benzene rings is 2. The van der Waals surface area contributed by atoms with E-state index >= 15 is 0 Å². The van der Waals surface area contributed by atoms with Gasteiger partial charge in [-0.05, 0) is 46.7 Å². The van der Waals surface area contributed by atoms with Gasteiger partial charge in [-0.2, -0.15) is 17.6 Å². The number of thiophene rings is 1. The van der Waals surface area contributed by atoms with Crippen LogP contribution in [0.2, 0.25) is 5.02 Å². The third-order valence-electron chi connectivity index (χ3n) is 4.41. The van der Waals surface area contributed by atoms with Gasteiger partial charge in [0.2, 0.25) is 5.82 Å². The minimum Gasteiger partial charge on any atom is -0.486 e. The van der Waals surface area contributed by atoms with E-state index in [1.807, 2.05) is 0 Å². The third-order valence-corrected chi connectivity index (χ3v) is 5.73. The predicted molar refractivity (Wildman–Crippen MR) is 106 cm³/mol. The van der Waals surface area contributed by atoms with Gasteiger partial charge in [0.05, 0.1) is 0 Å². The molecule has 1 heterocycles. The van der Waals surface area contributed by atoms with Crippen molar-refractivity contribution in [3.8, 4) is 16.9 Å². The number of aryl methyl sites for hydroxylation is 1. The number of halogens is 6. The largest absolute Gasteiger partial charge is 0.486 e. The Morgan fingerprint density at radius 3 is 2.35 bits per heavy atom. The van der Waals surface area contributed by atoms with Crippen molar-refractivity contribution in [3.05, 3.63) is 74.4 Å². The Bertz CT molecular complexity index is 1090. The van der Waals surface area contributed by atoms with Gasteiger partial charge in [-0.25, -0.2) is 4.39 Å². The van der Waals surface area contributed by atoms with Crippen molar-refractivity contribution < 1.29 is 36.6 Å². The zero-order chi connectivity index (χ0) is 22.8. The molecule has 0 aliphatic heterocycles. The van der Waals surface area contributed by atoms with Gasteiger partial charge >= 0.3 is 12.1 Å². The van der Waals surface area contributed by atoms with Crippen molar-refractivity contribution in [1.82, 2.24) is 0 Å². The first-order valence-corrected chi connectivity index (χ1v) is 10.1. The first kappa shape index (κ1) is 23.0. The number of carbonyl (C=O) groups is 1. The molecule has 1 aromatic heterocycles. The summed E-state index contributed by atoms with van der Waals surface area (Å²) < 4.78 is 74.1. The molecule has 3 rings (SSSR count). The molecule has 0 aliphatic carbocycles. The van der Waals surface area contributed by atoms with E-state index in [0.717, 1.165) is 12.1 Å². The van der Waals surface area contributed by atoms with Crippen molar-refractivity contribution in [1.29, 1.82) is 0 Å². The monoisotopic (exact) mass is 476 g/mol. The van der Waals surface area contributed by atoms with Crippen LogP contribution < -0.4 is 4.74 Å². The van der Waals surface area contributed by atoms with Gasteiger partial charge in [0, 0.05) is 17.0 Å². The van der Waals surface area contributed by atoms with Gasteiger partial charge in [-0.3, -0.25) is 4.79 Å². The summed E-state index contributed by atoms with van der Waals surface area (Å²) in [5.41, 5.74) is 0.327. The molecule has 0 aliphatic rings. The Balaban J connectivity index is 1.90. The van der Waals surface area contributed by atoms with Gasteiger partial charge in [0.1, 0.15) is 11.5 Å². The first-order valence-electron chi connectivity index (χ1n) is 8.83. The highest BCUT2D eigenvalue weighted by Crippen LogP contribution is 2.42. The molecule has 0 bridgehead atoms. The minimum atomic E-state index is -4.65. The molecule has 0 saturated carbocycles. The highest BCUT2D eigenvalue weighted by atomic mass is 35.5. The van der Waals surface area contributed by atoms with Crippen LogP contribution in [-0.4, -0.2) is 11.1 Å². The van der Waals surface area contributed by atoms with E-state index in [-0.39, 0.29) is 23.1 Å². The molecule has 31 heavy (non-hydrogen) atoms. The molecule has 2 aromatic carbocycles. The molecule has 0 saturated heterocycles. The third kappa shape index (κ3) is 5.34. The molecule has 3 aromatic rings. The van der Waals surface area contributed by atoms with Crippen LogP contribution in [0.25, 0.3) is 11.1 Å². The van der Waals surface area contributed by atoms with Crippen LogP contribution in [0.5, 0.6) is 5.75 Å². The van der Waals surface area contributed by atoms with Crippen molar-refractivity contribution in [2.45, 2.75) is 25.6 Å². The van der Waals surface area contributed by atoms with Gasteiger partial charge in [-0.15, -0.1) is 11.3 Å². The lowest BCUT2D eigenvalue weighted by molar-refractivity contribution is -0.137. The van der Waals surface area contributed by atoms with Crippen LogP contribution in [0.1, 0.15) is 22.4 Å². The fourth-order valence-electron chi connectivity index (χ4n) is 2.90. The van der Waals surface area contributed by atoms with E-state index in [4.69, 9.17) is 21.4 Å². The van der Waals surface area contributed by atoms with Crippen molar-refractivity contribution in [3.63, 3.8) is 0 Å². The van der Waals surface area contributed by atoms with E-state index in [2.05, 4.69) is 0 Å². The summed E-state index contributed by atoms with van der Waals surface area (Å²) in [6.07, 6.45) is -5.29. The molecule has 164 valence electrons.